The van der Waals surface area contributed by atoms with Gasteiger partial charge in [-0.2, -0.15) is 0 Å². The molecule has 2 aromatic carbocycles. The third-order valence-corrected chi connectivity index (χ3v) is 9.88. The van der Waals surface area contributed by atoms with Gasteiger partial charge in [0.2, 0.25) is 29.5 Å². The topological polar surface area (TPSA) is 158 Å². The average molecular weight is 657 g/mol. The number of rotatable bonds is 10. The van der Waals surface area contributed by atoms with E-state index in [4.69, 9.17) is 0 Å². The maximum atomic E-state index is 13.0. The number of amides is 6. The molecule has 47 heavy (non-hydrogen) atoms. The van der Waals surface area contributed by atoms with E-state index in [1.54, 1.807) is 29.3 Å². The highest BCUT2D eigenvalue weighted by Crippen LogP contribution is 2.33. The van der Waals surface area contributed by atoms with Crippen molar-refractivity contribution < 1.29 is 28.8 Å². The molecule has 0 spiro atoms. The number of nitrogens with one attached hydrogen (secondary N) is 3. The molecular weight excluding hydrogens is 620 g/mol. The summed E-state index contributed by atoms with van der Waals surface area (Å²) < 4.78 is 0. The zero-order valence-electron chi connectivity index (χ0n) is 25.8. The number of unbranched alkanes of at least 4 members (excludes halogenated alkanes) is 1. The van der Waals surface area contributed by atoms with Crippen molar-refractivity contribution in [2.45, 2.75) is 64.0 Å². The highest BCUT2D eigenvalue weighted by Gasteiger charge is 2.40. The number of hydrogen-bond donors (Lipinski definition) is 3. The fourth-order valence-corrected chi connectivity index (χ4v) is 7.13. The fourth-order valence-electron chi connectivity index (χ4n) is 6.30. The molecule has 4 heterocycles. The Bertz CT molecular complexity index is 1700. The van der Waals surface area contributed by atoms with E-state index in [1.165, 1.54) is 16.2 Å². The van der Waals surface area contributed by atoms with Gasteiger partial charge in [0.1, 0.15) is 6.04 Å². The largest absolute Gasteiger partial charge is 0.343 e. The fraction of sp³-hybridized carbons (Fsp3) is 0.382. The molecule has 1 aromatic heterocycles. The molecule has 0 saturated carbocycles. The molecule has 2 saturated heterocycles. The van der Waals surface area contributed by atoms with Gasteiger partial charge < -0.3 is 20.4 Å². The smallest absolute Gasteiger partial charge is 0.255 e. The van der Waals surface area contributed by atoms with Gasteiger partial charge in [0.15, 0.2) is 5.13 Å². The van der Waals surface area contributed by atoms with E-state index in [-0.39, 0.29) is 61.3 Å². The second kappa shape index (κ2) is 14.2. The van der Waals surface area contributed by atoms with Gasteiger partial charge in [-0.25, -0.2) is 4.98 Å². The Kier molecular flexibility index (Phi) is 9.71. The van der Waals surface area contributed by atoms with Crippen LogP contribution in [0.15, 0.2) is 54.7 Å². The predicted molar refractivity (Wildman–Crippen MR) is 175 cm³/mol. The minimum absolute atomic E-state index is 0.0182. The number of fused-ring (bicyclic) bond motifs is 1. The Labute approximate surface area is 275 Å². The summed E-state index contributed by atoms with van der Waals surface area (Å²) in [4.78, 5) is 83.9. The molecule has 0 bridgehead atoms. The third-order valence-electron chi connectivity index (χ3n) is 8.91. The summed E-state index contributed by atoms with van der Waals surface area (Å²) >= 11 is 1.43. The molecule has 6 amide bonds. The minimum atomic E-state index is -0.728. The first-order chi connectivity index (χ1) is 22.8. The maximum absolute atomic E-state index is 13.0. The molecular formula is C34H36N6O6S. The quantitative estimate of drug-likeness (QED) is 0.220. The van der Waals surface area contributed by atoms with Crippen LogP contribution in [0.5, 0.6) is 0 Å². The van der Waals surface area contributed by atoms with Crippen LogP contribution >= 0.6 is 11.3 Å². The van der Waals surface area contributed by atoms with Crippen molar-refractivity contribution in [2.75, 3.05) is 23.7 Å². The summed E-state index contributed by atoms with van der Waals surface area (Å²) in [5.74, 6) is -1.59. The Morgan fingerprint density at radius 3 is 2.45 bits per heavy atom. The van der Waals surface area contributed by atoms with Crippen molar-refractivity contribution in [3.05, 3.63) is 65.9 Å². The van der Waals surface area contributed by atoms with Gasteiger partial charge in [0, 0.05) is 67.8 Å². The summed E-state index contributed by atoms with van der Waals surface area (Å²) in [5.41, 5.74) is 2.64. The van der Waals surface area contributed by atoms with Gasteiger partial charge in [-0.1, -0.05) is 47.7 Å². The number of anilines is 2. The molecule has 12 nitrogen and oxygen atoms in total. The summed E-state index contributed by atoms with van der Waals surface area (Å²) in [7, 11) is 0. The second-order valence-corrected chi connectivity index (χ2v) is 13.1. The van der Waals surface area contributed by atoms with Gasteiger partial charge in [-0.05, 0) is 49.8 Å². The lowest BCUT2D eigenvalue weighted by atomic mass is 9.95. The molecule has 0 radical (unpaired) electrons. The van der Waals surface area contributed by atoms with Crippen LogP contribution in [0.3, 0.4) is 0 Å². The number of benzene rings is 2. The third kappa shape index (κ3) is 7.40. The van der Waals surface area contributed by atoms with E-state index >= 15 is 0 Å². The predicted octanol–water partition coefficient (Wildman–Crippen LogP) is 3.95. The molecule has 3 N–H and O–H groups in total. The number of likely N-dealkylation sites (tertiary alicyclic amines) is 1. The van der Waals surface area contributed by atoms with Crippen molar-refractivity contribution >= 4 is 57.6 Å². The van der Waals surface area contributed by atoms with Gasteiger partial charge in [0.05, 0.1) is 4.88 Å². The molecule has 3 aliphatic heterocycles. The molecule has 1 unspecified atom stereocenters. The summed E-state index contributed by atoms with van der Waals surface area (Å²) in [6.07, 6.45) is 4.97. The summed E-state index contributed by atoms with van der Waals surface area (Å²) in [6.45, 7) is 1.19. The average Bonchev–Trinajstić information content (AvgIpc) is 3.68. The number of imide groups is 1. The SMILES string of the molecule is O=C1CCC(N2Cc3c(NC(=O)CCCCC(=O)N4CCC(C(=O)Nc5ncc(-c6ccccc6)s5)CC4)cccc3C2=O)C(=O)N1. The Balaban J connectivity index is 0.905. The number of piperidine rings is 2. The lowest BCUT2D eigenvalue weighted by Crippen LogP contribution is -2.52. The number of carbonyl (C=O) groups excluding carboxylic acids is 6. The summed E-state index contributed by atoms with van der Waals surface area (Å²) in [6, 6.07) is 14.2. The Morgan fingerprint density at radius 2 is 1.68 bits per heavy atom. The van der Waals surface area contributed by atoms with Crippen LogP contribution in [0.4, 0.5) is 10.8 Å². The minimum Gasteiger partial charge on any atom is -0.343 e. The molecule has 3 aliphatic rings. The van der Waals surface area contributed by atoms with Crippen molar-refractivity contribution in [3.8, 4) is 10.4 Å². The van der Waals surface area contributed by atoms with Crippen LogP contribution in [0.1, 0.15) is 67.3 Å². The Hall–Kier alpha value is -4.91. The summed E-state index contributed by atoms with van der Waals surface area (Å²) in [5, 5.41) is 8.68. The van der Waals surface area contributed by atoms with E-state index in [0.717, 1.165) is 10.4 Å². The van der Waals surface area contributed by atoms with Gasteiger partial charge in [0.25, 0.3) is 5.91 Å². The van der Waals surface area contributed by atoms with Gasteiger partial charge >= 0.3 is 0 Å². The first-order valence-electron chi connectivity index (χ1n) is 15.9. The number of hydrogen-bond acceptors (Lipinski definition) is 8. The first kappa shape index (κ1) is 32.0. The highest BCUT2D eigenvalue weighted by molar-refractivity contribution is 7.19. The monoisotopic (exact) mass is 656 g/mol. The first-order valence-corrected chi connectivity index (χ1v) is 16.7. The molecule has 13 heteroatoms. The van der Waals surface area contributed by atoms with E-state index < -0.39 is 11.9 Å². The van der Waals surface area contributed by atoms with Crippen LogP contribution in [-0.4, -0.2) is 69.4 Å². The van der Waals surface area contributed by atoms with Crippen LogP contribution in [-0.2, 0) is 30.5 Å². The Morgan fingerprint density at radius 1 is 0.915 bits per heavy atom. The zero-order valence-corrected chi connectivity index (χ0v) is 26.6. The molecule has 244 valence electrons. The van der Waals surface area contributed by atoms with Crippen molar-refractivity contribution in [1.29, 1.82) is 0 Å². The number of carbonyl (C=O) groups is 6. The standard InChI is InChI=1S/C34H36N6O6S/c41-28(36-25-10-6-9-23-24(25)20-40(33(23)46)26-13-14-29(42)37-32(26)45)11-4-5-12-30(43)39-17-15-22(16-18-39)31(44)38-34-35-19-27(47-34)21-7-2-1-3-8-21/h1-3,6-10,19,22,26H,4-5,11-18,20H2,(H,36,41)(H,35,38,44)(H,37,42,45). The van der Waals surface area contributed by atoms with Crippen LogP contribution in [0.2, 0.25) is 0 Å². The number of thiazole rings is 1. The maximum Gasteiger partial charge on any atom is 0.255 e. The second-order valence-electron chi connectivity index (χ2n) is 12.0. The van der Waals surface area contributed by atoms with Crippen LogP contribution in [0.25, 0.3) is 10.4 Å². The molecule has 6 rings (SSSR count). The van der Waals surface area contributed by atoms with Gasteiger partial charge in [-0.3, -0.25) is 34.1 Å². The van der Waals surface area contributed by atoms with E-state index in [1.807, 2.05) is 30.3 Å². The van der Waals surface area contributed by atoms with Crippen molar-refractivity contribution in [3.63, 3.8) is 0 Å². The number of nitrogens with zero attached hydrogens (tertiary/aromatic N) is 3. The molecule has 1 atom stereocenters. The van der Waals surface area contributed by atoms with E-state index in [9.17, 15) is 28.8 Å². The van der Waals surface area contributed by atoms with E-state index in [0.29, 0.717) is 67.1 Å². The molecule has 0 aliphatic carbocycles. The van der Waals surface area contributed by atoms with Gasteiger partial charge in [-0.15, -0.1) is 0 Å². The zero-order chi connectivity index (χ0) is 32.9. The molecule has 3 aromatic rings. The van der Waals surface area contributed by atoms with Crippen molar-refractivity contribution in [1.82, 2.24) is 20.1 Å². The lowest BCUT2D eigenvalue weighted by molar-refractivity contribution is -0.137. The highest BCUT2D eigenvalue weighted by atomic mass is 32.1. The van der Waals surface area contributed by atoms with E-state index in [2.05, 4.69) is 20.9 Å². The molecule has 2 fully saturated rings. The lowest BCUT2D eigenvalue weighted by Gasteiger charge is -2.31. The van der Waals surface area contributed by atoms with Crippen LogP contribution < -0.4 is 16.0 Å². The normalized spacial score (nSPS) is 18.1. The number of aromatic nitrogens is 1. The van der Waals surface area contributed by atoms with Crippen LogP contribution in [0, 0.1) is 5.92 Å². The van der Waals surface area contributed by atoms with Crippen molar-refractivity contribution in [2.24, 2.45) is 5.92 Å².